The molecular weight excluding hydrogens is 290 g/mol. The Morgan fingerprint density at radius 2 is 2.19 bits per heavy atom. The van der Waals surface area contributed by atoms with Crippen LogP contribution in [0.25, 0.3) is 0 Å². The minimum absolute atomic E-state index is 0.00873. The average molecular weight is 305 g/mol. The summed E-state index contributed by atoms with van der Waals surface area (Å²) in [6.45, 7) is 2.42. The Kier molecular flexibility index (Phi) is 3.46. The second-order valence-electron chi connectivity index (χ2n) is 4.75. The van der Waals surface area contributed by atoms with Crippen LogP contribution in [-0.4, -0.2) is 20.7 Å². The molecule has 0 unspecified atom stereocenters. The highest BCUT2D eigenvalue weighted by Crippen LogP contribution is 2.36. The van der Waals surface area contributed by atoms with Gasteiger partial charge in [0.2, 0.25) is 5.91 Å². The summed E-state index contributed by atoms with van der Waals surface area (Å²) < 4.78 is 1.55. The van der Waals surface area contributed by atoms with Crippen molar-refractivity contribution in [1.29, 1.82) is 0 Å². The molecule has 1 aliphatic heterocycles. The van der Waals surface area contributed by atoms with Crippen LogP contribution in [0.5, 0.6) is 0 Å². The van der Waals surface area contributed by atoms with Gasteiger partial charge in [-0.25, -0.2) is 9.89 Å². The summed E-state index contributed by atoms with van der Waals surface area (Å²) in [6.07, 6.45) is 1.17. The predicted octanol–water partition coefficient (Wildman–Crippen LogP) is 1.21. The molecule has 1 aromatic carbocycles. The van der Waals surface area contributed by atoms with E-state index in [0.717, 1.165) is 16.1 Å². The number of hydrogen-bond acceptors (Lipinski definition) is 5. The summed E-state index contributed by atoms with van der Waals surface area (Å²) in [5.74, 6) is 0.00873. The van der Waals surface area contributed by atoms with Crippen LogP contribution in [0.4, 0.5) is 11.4 Å². The van der Waals surface area contributed by atoms with E-state index in [1.807, 2.05) is 13.0 Å². The zero-order chi connectivity index (χ0) is 15.0. The van der Waals surface area contributed by atoms with Crippen molar-refractivity contribution in [2.24, 2.45) is 0 Å². The van der Waals surface area contributed by atoms with Gasteiger partial charge in [-0.15, -0.1) is 5.10 Å². The molecule has 2 aromatic rings. The van der Waals surface area contributed by atoms with Gasteiger partial charge in [0.15, 0.2) is 5.16 Å². The van der Waals surface area contributed by atoms with Gasteiger partial charge in [0, 0.05) is 29.2 Å². The number of amides is 1. The van der Waals surface area contributed by atoms with E-state index in [9.17, 15) is 9.59 Å². The maximum atomic E-state index is 11.6. The lowest BCUT2D eigenvalue weighted by Crippen LogP contribution is -2.19. The minimum Gasteiger partial charge on any atom is -0.398 e. The Hall–Kier alpha value is -2.22. The first kappa shape index (κ1) is 13.7. The Labute approximate surface area is 124 Å². The Bertz CT molecular complexity index is 764. The number of nitrogens with one attached hydrogen (secondary N) is 2. The van der Waals surface area contributed by atoms with Crippen LogP contribution in [-0.2, 0) is 17.8 Å². The fraction of sp³-hybridized carbons (Fsp3) is 0.308. The molecule has 8 heteroatoms. The predicted molar refractivity (Wildman–Crippen MR) is 80.4 cm³/mol. The standard InChI is InChI=1S/C13H15N5O2S/c1-2-18-12(20)16-17-13(18)21-10-5-7-3-4-11(19)15-9(7)6-8(10)14/h5-6H,2-4,14H2,1H3,(H,15,19)(H,16,20). The number of aromatic amines is 1. The summed E-state index contributed by atoms with van der Waals surface area (Å²) in [7, 11) is 0. The van der Waals surface area contributed by atoms with Gasteiger partial charge in [0.25, 0.3) is 0 Å². The van der Waals surface area contributed by atoms with Gasteiger partial charge < -0.3 is 11.1 Å². The highest BCUT2D eigenvalue weighted by molar-refractivity contribution is 7.99. The number of nitrogen functional groups attached to an aromatic ring is 1. The molecule has 0 aliphatic carbocycles. The Balaban J connectivity index is 1.96. The molecule has 0 radical (unpaired) electrons. The van der Waals surface area contributed by atoms with Crippen LogP contribution in [0, 0.1) is 0 Å². The van der Waals surface area contributed by atoms with Crippen molar-refractivity contribution in [2.45, 2.75) is 36.4 Å². The number of aryl methyl sites for hydroxylation is 1. The fourth-order valence-corrected chi connectivity index (χ4v) is 3.26. The molecule has 0 saturated heterocycles. The molecular formula is C13H15N5O2S. The quantitative estimate of drug-likeness (QED) is 0.739. The van der Waals surface area contributed by atoms with Crippen molar-refractivity contribution in [3.8, 4) is 0 Å². The Morgan fingerprint density at radius 1 is 1.38 bits per heavy atom. The largest absolute Gasteiger partial charge is 0.398 e. The van der Waals surface area contributed by atoms with E-state index < -0.39 is 0 Å². The number of carbonyl (C=O) groups is 1. The molecule has 3 rings (SSSR count). The van der Waals surface area contributed by atoms with Gasteiger partial charge in [0.05, 0.1) is 0 Å². The van der Waals surface area contributed by atoms with Crippen LogP contribution >= 0.6 is 11.8 Å². The van der Waals surface area contributed by atoms with Crippen molar-refractivity contribution >= 4 is 29.0 Å². The zero-order valence-electron chi connectivity index (χ0n) is 11.5. The molecule has 4 N–H and O–H groups in total. The lowest BCUT2D eigenvalue weighted by Gasteiger charge is -2.18. The monoisotopic (exact) mass is 305 g/mol. The molecule has 1 aromatic heterocycles. The van der Waals surface area contributed by atoms with Crippen LogP contribution in [0.15, 0.2) is 27.0 Å². The van der Waals surface area contributed by atoms with Gasteiger partial charge in [-0.2, -0.15) is 0 Å². The molecule has 2 heterocycles. The van der Waals surface area contributed by atoms with E-state index in [0.29, 0.717) is 30.2 Å². The molecule has 0 atom stereocenters. The van der Waals surface area contributed by atoms with Crippen LogP contribution in [0.1, 0.15) is 18.9 Å². The van der Waals surface area contributed by atoms with E-state index in [1.165, 1.54) is 11.8 Å². The van der Waals surface area contributed by atoms with E-state index in [4.69, 9.17) is 5.73 Å². The van der Waals surface area contributed by atoms with Gasteiger partial charge in [0.1, 0.15) is 0 Å². The minimum atomic E-state index is -0.233. The number of carbonyl (C=O) groups excluding carboxylic acids is 1. The first-order valence-electron chi connectivity index (χ1n) is 6.63. The molecule has 21 heavy (non-hydrogen) atoms. The first-order valence-corrected chi connectivity index (χ1v) is 7.45. The summed E-state index contributed by atoms with van der Waals surface area (Å²) >= 11 is 1.34. The number of hydrogen-bond donors (Lipinski definition) is 3. The number of rotatable bonds is 3. The van der Waals surface area contributed by atoms with Crippen LogP contribution in [0.3, 0.4) is 0 Å². The molecule has 0 saturated carbocycles. The van der Waals surface area contributed by atoms with E-state index in [-0.39, 0.29) is 11.6 Å². The molecule has 110 valence electrons. The second-order valence-corrected chi connectivity index (χ2v) is 5.76. The first-order chi connectivity index (χ1) is 10.1. The van der Waals surface area contributed by atoms with E-state index >= 15 is 0 Å². The van der Waals surface area contributed by atoms with Gasteiger partial charge in [-0.3, -0.25) is 9.36 Å². The maximum Gasteiger partial charge on any atom is 0.343 e. The number of H-pyrrole nitrogens is 1. The molecule has 0 fully saturated rings. The van der Waals surface area contributed by atoms with Crippen molar-refractivity contribution < 1.29 is 4.79 Å². The number of nitrogens with two attached hydrogens (primary N) is 1. The van der Waals surface area contributed by atoms with Crippen molar-refractivity contribution in [3.63, 3.8) is 0 Å². The molecule has 0 bridgehead atoms. The third-order valence-electron chi connectivity index (χ3n) is 3.37. The topological polar surface area (TPSA) is 106 Å². The molecule has 1 amide bonds. The van der Waals surface area contributed by atoms with Crippen molar-refractivity contribution in [2.75, 3.05) is 11.1 Å². The third kappa shape index (κ3) is 2.54. The van der Waals surface area contributed by atoms with E-state index in [2.05, 4.69) is 15.5 Å². The maximum absolute atomic E-state index is 11.6. The van der Waals surface area contributed by atoms with E-state index in [1.54, 1.807) is 10.6 Å². The van der Waals surface area contributed by atoms with Crippen molar-refractivity contribution in [3.05, 3.63) is 28.2 Å². The van der Waals surface area contributed by atoms with Crippen LogP contribution < -0.4 is 16.7 Å². The zero-order valence-corrected chi connectivity index (χ0v) is 12.3. The highest BCUT2D eigenvalue weighted by Gasteiger charge is 2.18. The number of aromatic nitrogens is 3. The number of benzene rings is 1. The summed E-state index contributed by atoms with van der Waals surface area (Å²) in [6, 6.07) is 3.71. The van der Waals surface area contributed by atoms with Gasteiger partial charge in [-0.1, -0.05) is 0 Å². The van der Waals surface area contributed by atoms with Crippen molar-refractivity contribution in [1.82, 2.24) is 14.8 Å². The summed E-state index contributed by atoms with van der Waals surface area (Å²) in [5.41, 5.74) is 8.18. The Morgan fingerprint density at radius 3 is 2.95 bits per heavy atom. The second kappa shape index (κ2) is 5.28. The highest BCUT2D eigenvalue weighted by atomic mass is 32.2. The summed E-state index contributed by atoms with van der Waals surface area (Å²) in [4.78, 5) is 23.8. The summed E-state index contributed by atoms with van der Waals surface area (Å²) in [5, 5.41) is 9.84. The van der Waals surface area contributed by atoms with Gasteiger partial charge in [-0.05, 0) is 42.8 Å². The normalized spacial score (nSPS) is 13.9. The molecule has 1 aliphatic rings. The number of fused-ring (bicyclic) bond motifs is 1. The SMILES string of the molecule is CCn1c(Sc2cc3c(cc2N)NC(=O)CC3)n[nH]c1=O. The average Bonchev–Trinajstić information content (AvgIpc) is 2.80. The smallest absolute Gasteiger partial charge is 0.343 e. The molecule has 0 spiro atoms. The third-order valence-corrected chi connectivity index (χ3v) is 4.44. The molecule has 7 nitrogen and oxygen atoms in total. The fourth-order valence-electron chi connectivity index (χ4n) is 2.27. The van der Waals surface area contributed by atoms with Crippen LogP contribution in [0.2, 0.25) is 0 Å². The number of anilines is 2. The lowest BCUT2D eigenvalue weighted by molar-refractivity contribution is -0.116. The lowest BCUT2D eigenvalue weighted by atomic mass is 10.0. The van der Waals surface area contributed by atoms with Gasteiger partial charge >= 0.3 is 5.69 Å². The number of nitrogens with zero attached hydrogens (tertiary/aromatic N) is 2.